The minimum Gasteiger partial charge on any atom is -0.480 e. The molecule has 17 nitrogen and oxygen atoms in total. The second kappa shape index (κ2) is 18.3. The highest BCUT2D eigenvalue weighted by Crippen LogP contribution is 2.26. The lowest BCUT2D eigenvalue weighted by molar-refractivity contribution is -0.143. The average molecular weight is 629 g/mol. The highest BCUT2D eigenvalue weighted by Gasteiger charge is 2.39. The van der Waals surface area contributed by atoms with Gasteiger partial charge in [-0.2, -0.15) is 5.26 Å². The lowest BCUT2D eigenvalue weighted by atomic mass is 9.85. The molecule has 0 aliphatic heterocycles. The molecule has 0 saturated carbocycles. The third-order valence-electron chi connectivity index (χ3n) is 5.59. The Morgan fingerprint density at radius 2 is 0.977 bits per heavy atom. The minimum absolute atomic E-state index is 0.104. The Morgan fingerprint density at radius 1 is 0.651 bits per heavy atom. The summed E-state index contributed by atoms with van der Waals surface area (Å²) in [5.74, 6) is -8.54. The van der Waals surface area contributed by atoms with Crippen molar-refractivity contribution >= 4 is 47.6 Å². The topological polar surface area (TPSA) is 267 Å². The van der Waals surface area contributed by atoms with Crippen molar-refractivity contribution in [3.05, 3.63) is 29.8 Å². The molecule has 236 valence electrons. The van der Waals surface area contributed by atoms with Crippen molar-refractivity contribution in [2.75, 3.05) is 65.5 Å². The van der Waals surface area contributed by atoms with E-state index < -0.39 is 107 Å². The maximum absolute atomic E-state index is 11.6. The summed E-state index contributed by atoms with van der Waals surface area (Å²) in [6.07, 6.45) is 0. The van der Waals surface area contributed by atoms with Crippen molar-refractivity contribution < 1.29 is 64.1 Å². The molecule has 0 atom stereocenters. The molecule has 0 spiro atoms. The zero-order chi connectivity index (χ0) is 32.6. The normalized spacial score (nSPS) is 11.4. The maximum atomic E-state index is 11.6. The van der Waals surface area contributed by atoms with Crippen LogP contribution in [0.5, 0.6) is 0 Å². The number of benzene rings is 1. The van der Waals surface area contributed by atoms with E-state index in [-0.39, 0.29) is 6.61 Å². The molecular formula is C25H32N4O13S. The molecule has 0 aliphatic carbocycles. The van der Waals surface area contributed by atoms with Crippen LogP contribution in [0.25, 0.3) is 0 Å². The van der Waals surface area contributed by atoms with Gasteiger partial charge in [0.05, 0.1) is 52.5 Å². The van der Waals surface area contributed by atoms with Crippen LogP contribution in [0.3, 0.4) is 0 Å². The summed E-state index contributed by atoms with van der Waals surface area (Å²) in [4.78, 5) is 72.9. The molecule has 0 radical (unpaired) electrons. The molecule has 0 bridgehead atoms. The summed E-state index contributed by atoms with van der Waals surface area (Å²) in [5, 5.41) is 67.1. The number of hydrogen-bond donors (Lipinski definition) is 6. The van der Waals surface area contributed by atoms with E-state index in [1.54, 1.807) is 24.3 Å². The number of hydrogen-bond acceptors (Lipinski definition) is 12. The Kier molecular flexibility index (Phi) is 15.6. The van der Waals surface area contributed by atoms with Crippen LogP contribution in [0.15, 0.2) is 29.2 Å². The highest BCUT2D eigenvalue weighted by atomic mass is 32.2. The summed E-state index contributed by atoms with van der Waals surface area (Å²) in [5.41, 5.74) is -1.01. The highest BCUT2D eigenvalue weighted by molar-refractivity contribution is 8.03. The van der Waals surface area contributed by atoms with E-state index in [9.17, 15) is 59.4 Å². The number of rotatable bonds is 23. The second-order valence-corrected chi connectivity index (χ2v) is 10.5. The van der Waals surface area contributed by atoms with E-state index in [0.29, 0.717) is 10.5 Å². The molecule has 0 aliphatic rings. The fraction of sp³-hybridized carbons (Fsp3) is 0.480. The average Bonchev–Trinajstić information content (AvgIpc) is 2.82. The zero-order valence-electron chi connectivity index (χ0n) is 22.8. The number of nitrogens with zero attached hydrogens (tertiary/aromatic N) is 4. The van der Waals surface area contributed by atoms with Crippen LogP contribution in [0.2, 0.25) is 0 Å². The zero-order valence-corrected chi connectivity index (χ0v) is 23.6. The van der Waals surface area contributed by atoms with E-state index in [4.69, 9.17) is 10.00 Å². The number of carboxylic acids is 6. The summed E-state index contributed by atoms with van der Waals surface area (Å²) in [7, 11) is 0. The standard InChI is InChI=1S/C25H32N4O13S/c26-16-43-18-3-1-17(2-4-18)11-42-15-25(12-27(5-19(30)31)6-20(32)33,13-28(7-21(34)35)8-22(36)37)14-29(9-23(38)39)10-24(40)41/h1-4H,5-15H2,(H,30,31)(H,32,33)(H,34,35)(H,36,37)(H,38,39)(H,40,41). The molecule has 0 amide bonds. The van der Waals surface area contributed by atoms with Gasteiger partial charge < -0.3 is 35.4 Å². The van der Waals surface area contributed by atoms with E-state index in [1.807, 2.05) is 5.40 Å². The van der Waals surface area contributed by atoms with Crippen molar-refractivity contribution in [3.63, 3.8) is 0 Å². The van der Waals surface area contributed by atoms with E-state index in [0.717, 1.165) is 26.5 Å². The first-order valence-corrected chi connectivity index (χ1v) is 13.1. The first-order valence-electron chi connectivity index (χ1n) is 12.3. The monoisotopic (exact) mass is 628 g/mol. The van der Waals surface area contributed by atoms with Gasteiger partial charge in [-0.25, -0.2) is 0 Å². The number of thiocyanates is 1. The van der Waals surface area contributed by atoms with Crippen molar-refractivity contribution in [3.8, 4) is 5.40 Å². The third-order valence-corrected chi connectivity index (χ3v) is 6.19. The number of nitriles is 1. The Hall–Kier alpha value is -4.28. The second-order valence-electron chi connectivity index (χ2n) is 9.63. The van der Waals surface area contributed by atoms with Crippen LogP contribution in [0.4, 0.5) is 0 Å². The molecule has 1 aromatic carbocycles. The quantitative estimate of drug-likeness (QED) is 0.0638. The Bertz CT molecular complexity index is 1050. The Balaban J connectivity index is 3.62. The van der Waals surface area contributed by atoms with Crippen LogP contribution in [0.1, 0.15) is 5.56 Å². The van der Waals surface area contributed by atoms with Gasteiger partial charge in [0.2, 0.25) is 0 Å². The predicted octanol–water partition coefficient (Wildman–Crippen LogP) is -0.824. The molecule has 0 fully saturated rings. The predicted molar refractivity (Wildman–Crippen MR) is 145 cm³/mol. The molecule has 0 saturated heterocycles. The number of aliphatic carboxylic acids is 6. The summed E-state index contributed by atoms with van der Waals surface area (Å²) in [6, 6.07) is 6.57. The van der Waals surface area contributed by atoms with Crippen molar-refractivity contribution in [2.45, 2.75) is 11.5 Å². The maximum Gasteiger partial charge on any atom is 0.317 e. The van der Waals surface area contributed by atoms with Crippen molar-refractivity contribution in [2.24, 2.45) is 5.41 Å². The molecule has 1 aromatic rings. The van der Waals surface area contributed by atoms with Gasteiger partial charge in [0, 0.05) is 29.9 Å². The summed E-state index contributed by atoms with van der Waals surface area (Å²) >= 11 is 0.922. The van der Waals surface area contributed by atoms with Gasteiger partial charge in [-0.15, -0.1) is 0 Å². The smallest absolute Gasteiger partial charge is 0.317 e. The van der Waals surface area contributed by atoms with Gasteiger partial charge in [0.1, 0.15) is 5.40 Å². The van der Waals surface area contributed by atoms with Gasteiger partial charge in [-0.05, 0) is 29.5 Å². The van der Waals surface area contributed by atoms with E-state index in [1.165, 1.54) is 0 Å². The molecule has 0 heterocycles. The SMILES string of the molecule is N#CSc1ccc(COCC(CN(CC(=O)O)CC(=O)O)(CN(CC(=O)O)CC(=O)O)CN(CC(=O)O)CC(=O)O)cc1. The minimum atomic E-state index is -1.61. The summed E-state index contributed by atoms with van der Waals surface area (Å²) < 4.78 is 5.88. The lowest BCUT2D eigenvalue weighted by Crippen LogP contribution is -2.57. The number of ether oxygens (including phenoxy) is 1. The largest absolute Gasteiger partial charge is 0.480 e. The molecule has 18 heteroatoms. The van der Waals surface area contributed by atoms with Crippen molar-refractivity contribution in [1.82, 2.24) is 14.7 Å². The Labute approximate surface area is 249 Å². The van der Waals surface area contributed by atoms with Crippen LogP contribution in [-0.4, -0.2) is 147 Å². The van der Waals surface area contributed by atoms with Gasteiger partial charge in [0.25, 0.3) is 0 Å². The van der Waals surface area contributed by atoms with Gasteiger partial charge >= 0.3 is 35.8 Å². The molecule has 0 unspecified atom stereocenters. The first-order chi connectivity index (χ1) is 20.1. The number of carboxylic acid groups (broad SMARTS) is 6. The fourth-order valence-electron chi connectivity index (χ4n) is 4.45. The van der Waals surface area contributed by atoms with E-state index in [2.05, 4.69) is 0 Å². The van der Waals surface area contributed by atoms with Gasteiger partial charge in [0.15, 0.2) is 0 Å². The molecular weight excluding hydrogens is 596 g/mol. The summed E-state index contributed by atoms with van der Waals surface area (Å²) in [6.45, 7) is -6.91. The fourth-order valence-corrected chi connectivity index (χ4v) is 4.83. The molecule has 0 aromatic heterocycles. The van der Waals surface area contributed by atoms with Crippen LogP contribution < -0.4 is 0 Å². The Morgan fingerprint density at radius 3 is 1.26 bits per heavy atom. The first kappa shape index (κ1) is 36.7. The third kappa shape index (κ3) is 16.1. The number of carbonyl (C=O) groups is 6. The van der Waals surface area contributed by atoms with Gasteiger partial charge in [-0.3, -0.25) is 43.5 Å². The molecule has 1 rings (SSSR count). The van der Waals surface area contributed by atoms with Crippen LogP contribution >= 0.6 is 11.8 Å². The number of thioether (sulfide) groups is 1. The van der Waals surface area contributed by atoms with Crippen molar-refractivity contribution in [1.29, 1.82) is 5.26 Å². The van der Waals surface area contributed by atoms with Crippen LogP contribution in [0, 0.1) is 16.1 Å². The molecule has 43 heavy (non-hydrogen) atoms. The molecule has 6 N–H and O–H groups in total. The van der Waals surface area contributed by atoms with Gasteiger partial charge in [-0.1, -0.05) is 12.1 Å². The van der Waals surface area contributed by atoms with E-state index >= 15 is 0 Å². The lowest BCUT2D eigenvalue weighted by Gasteiger charge is -2.42. The van der Waals surface area contributed by atoms with Crippen LogP contribution in [-0.2, 0) is 40.1 Å².